The molecular formula is C24H26N4O3S. The third-order valence-electron chi connectivity index (χ3n) is 5.51. The first-order valence-corrected chi connectivity index (χ1v) is 10.8. The van der Waals surface area contributed by atoms with Crippen LogP contribution in [0, 0.1) is 6.92 Å². The first kappa shape index (κ1) is 22.0. The molecular weight excluding hydrogens is 424 g/mol. The Hall–Kier alpha value is -3.23. The molecule has 1 N–H and O–H groups in total. The number of hydrogen-bond donors (Lipinski definition) is 1. The lowest BCUT2D eigenvalue weighted by molar-refractivity contribution is 0.183. The van der Waals surface area contributed by atoms with Crippen molar-refractivity contribution in [3.8, 4) is 17.1 Å². The Morgan fingerprint density at radius 3 is 2.62 bits per heavy atom. The summed E-state index contributed by atoms with van der Waals surface area (Å²) in [7, 11) is 3.32. The van der Waals surface area contributed by atoms with Crippen molar-refractivity contribution in [3.05, 3.63) is 71.2 Å². The third kappa shape index (κ3) is 4.37. The summed E-state index contributed by atoms with van der Waals surface area (Å²) in [6.45, 7) is 5.21. The monoisotopic (exact) mass is 450 g/mol. The average molecular weight is 451 g/mol. The Morgan fingerprint density at radius 1 is 1.12 bits per heavy atom. The predicted molar refractivity (Wildman–Crippen MR) is 127 cm³/mol. The molecule has 3 aromatic rings. The minimum Gasteiger partial charge on any atom is -0.497 e. The SMILES string of the molecule is COCCN1C(=S)NC(c2cccc(OC)c2)C(c2nc(-c3ccc(C)cc3)no2)=C1C. The van der Waals surface area contributed by atoms with E-state index < -0.39 is 0 Å². The summed E-state index contributed by atoms with van der Waals surface area (Å²) >= 11 is 5.68. The highest BCUT2D eigenvalue weighted by molar-refractivity contribution is 7.80. The Bertz CT molecular complexity index is 1140. The summed E-state index contributed by atoms with van der Waals surface area (Å²) in [4.78, 5) is 6.73. The van der Waals surface area contributed by atoms with Gasteiger partial charge in [0.15, 0.2) is 5.11 Å². The highest BCUT2D eigenvalue weighted by Crippen LogP contribution is 2.38. The molecule has 8 heteroatoms. The van der Waals surface area contributed by atoms with Gasteiger partial charge in [-0.05, 0) is 43.8 Å². The molecule has 0 aliphatic carbocycles. The fourth-order valence-electron chi connectivity index (χ4n) is 3.73. The van der Waals surface area contributed by atoms with E-state index in [4.69, 9.17) is 31.2 Å². The summed E-state index contributed by atoms with van der Waals surface area (Å²) < 4.78 is 16.5. The van der Waals surface area contributed by atoms with Crippen molar-refractivity contribution in [2.24, 2.45) is 0 Å². The molecule has 0 saturated carbocycles. The summed E-state index contributed by atoms with van der Waals surface area (Å²) in [5.74, 6) is 1.75. The summed E-state index contributed by atoms with van der Waals surface area (Å²) in [5, 5.41) is 8.30. The molecule has 1 aliphatic heterocycles. The topological polar surface area (TPSA) is 72.7 Å². The van der Waals surface area contributed by atoms with Gasteiger partial charge in [-0.1, -0.05) is 47.1 Å². The highest BCUT2D eigenvalue weighted by Gasteiger charge is 2.34. The van der Waals surface area contributed by atoms with Crippen LogP contribution in [0.5, 0.6) is 5.75 Å². The molecule has 0 bridgehead atoms. The lowest BCUT2D eigenvalue weighted by atomic mass is 9.94. The van der Waals surface area contributed by atoms with E-state index in [-0.39, 0.29) is 6.04 Å². The first-order chi connectivity index (χ1) is 15.5. The molecule has 0 radical (unpaired) electrons. The van der Waals surface area contributed by atoms with E-state index in [0.717, 1.165) is 28.1 Å². The van der Waals surface area contributed by atoms with Gasteiger partial charge in [0.25, 0.3) is 5.89 Å². The zero-order chi connectivity index (χ0) is 22.7. The fraction of sp³-hybridized carbons (Fsp3) is 0.292. The number of aryl methyl sites for hydroxylation is 1. The number of allylic oxidation sites excluding steroid dienone is 1. The second-order valence-electron chi connectivity index (χ2n) is 7.59. The number of methoxy groups -OCH3 is 2. The Labute approximate surface area is 193 Å². The maximum absolute atomic E-state index is 5.76. The van der Waals surface area contributed by atoms with E-state index in [1.807, 2.05) is 67.3 Å². The van der Waals surface area contributed by atoms with Crippen LogP contribution in [0.3, 0.4) is 0 Å². The van der Waals surface area contributed by atoms with Gasteiger partial charge in [0.1, 0.15) is 5.75 Å². The van der Waals surface area contributed by atoms with Crippen LogP contribution in [0.25, 0.3) is 17.0 Å². The highest BCUT2D eigenvalue weighted by atomic mass is 32.1. The van der Waals surface area contributed by atoms with E-state index >= 15 is 0 Å². The Morgan fingerprint density at radius 2 is 1.91 bits per heavy atom. The molecule has 2 aromatic carbocycles. The van der Waals surface area contributed by atoms with Gasteiger partial charge in [0.05, 0.1) is 25.3 Å². The third-order valence-corrected chi connectivity index (χ3v) is 5.85. The summed E-state index contributed by atoms with van der Waals surface area (Å²) in [6, 6.07) is 15.6. The largest absolute Gasteiger partial charge is 0.497 e. The first-order valence-electron chi connectivity index (χ1n) is 10.3. The van der Waals surface area contributed by atoms with E-state index in [2.05, 4.69) is 10.5 Å². The lowest BCUT2D eigenvalue weighted by Crippen LogP contribution is -2.47. The zero-order valence-electron chi connectivity index (χ0n) is 18.6. The fourth-order valence-corrected chi connectivity index (χ4v) is 4.08. The van der Waals surface area contributed by atoms with Gasteiger partial charge < -0.3 is 24.2 Å². The van der Waals surface area contributed by atoms with Crippen molar-refractivity contribution in [2.45, 2.75) is 19.9 Å². The second kappa shape index (κ2) is 9.50. The van der Waals surface area contributed by atoms with E-state index in [9.17, 15) is 0 Å². The minimum atomic E-state index is -0.261. The van der Waals surface area contributed by atoms with Crippen LogP contribution in [0.2, 0.25) is 0 Å². The molecule has 1 aromatic heterocycles. The van der Waals surface area contributed by atoms with Crippen LogP contribution in [0.4, 0.5) is 0 Å². The van der Waals surface area contributed by atoms with Crippen molar-refractivity contribution in [1.82, 2.24) is 20.4 Å². The lowest BCUT2D eigenvalue weighted by Gasteiger charge is -2.37. The van der Waals surface area contributed by atoms with E-state index in [1.165, 1.54) is 5.56 Å². The van der Waals surface area contributed by atoms with Crippen molar-refractivity contribution in [3.63, 3.8) is 0 Å². The number of hydrogen-bond acceptors (Lipinski definition) is 6. The standard InChI is InChI=1S/C24H26N4O3S/c1-15-8-10-17(11-9-15)22-26-23(31-27-22)20-16(2)28(12-13-29-3)24(32)25-21(20)18-6-5-7-19(14-18)30-4/h5-11,14,21H,12-13H2,1-4H3,(H,25,32). The van der Waals surface area contributed by atoms with Gasteiger partial charge in [0.2, 0.25) is 5.82 Å². The van der Waals surface area contributed by atoms with Crippen molar-refractivity contribution >= 4 is 22.9 Å². The zero-order valence-corrected chi connectivity index (χ0v) is 19.4. The maximum Gasteiger partial charge on any atom is 0.258 e. The van der Waals surface area contributed by atoms with E-state index in [1.54, 1.807) is 14.2 Å². The minimum absolute atomic E-state index is 0.261. The van der Waals surface area contributed by atoms with Gasteiger partial charge in [-0.15, -0.1) is 0 Å². The van der Waals surface area contributed by atoms with Gasteiger partial charge in [-0.25, -0.2) is 0 Å². The molecule has 7 nitrogen and oxygen atoms in total. The molecule has 2 heterocycles. The van der Waals surface area contributed by atoms with Gasteiger partial charge >= 0.3 is 0 Å². The summed E-state index contributed by atoms with van der Waals surface area (Å²) in [5.41, 5.74) is 4.87. The Kier molecular flexibility index (Phi) is 6.53. The average Bonchev–Trinajstić information content (AvgIpc) is 3.28. The Balaban J connectivity index is 1.80. The van der Waals surface area contributed by atoms with Crippen molar-refractivity contribution in [2.75, 3.05) is 27.4 Å². The van der Waals surface area contributed by atoms with Crippen LogP contribution in [0.1, 0.15) is 30.0 Å². The number of benzene rings is 2. The molecule has 4 rings (SSSR count). The van der Waals surface area contributed by atoms with Crippen LogP contribution in [-0.2, 0) is 4.74 Å². The second-order valence-corrected chi connectivity index (χ2v) is 7.98. The molecule has 166 valence electrons. The van der Waals surface area contributed by atoms with Crippen LogP contribution in [-0.4, -0.2) is 47.5 Å². The molecule has 1 unspecified atom stereocenters. The van der Waals surface area contributed by atoms with Gasteiger partial charge in [-0.3, -0.25) is 0 Å². The van der Waals surface area contributed by atoms with Crippen molar-refractivity contribution in [1.29, 1.82) is 0 Å². The molecule has 1 aliphatic rings. The molecule has 0 spiro atoms. The number of aromatic nitrogens is 2. The number of rotatable bonds is 7. The maximum atomic E-state index is 5.76. The number of nitrogens with one attached hydrogen (secondary N) is 1. The van der Waals surface area contributed by atoms with Crippen LogP contribution >= 0.6 is 12.2 Å². The molecule has 0 fully saturated rings. The summed E-state index contributed by atoms with van der Waals surface area (Å²) in [6.07, 6.45) is 0. The van der Waals surface area contributed by atoms with Crippen LogP contribution < -0.4 is 10.1 Å². The molecule has 0 saturated heterocycles. The van der Waals surface area contributed by atoms with Crippen molar-refractivity contribution < 1.29 is 14.0 Å². The quantitative estimate of drug-likeness (QED) is 0.532. The number of nitrogens with zero attached hydrogens (tertiary/aromatic N) is 3. The van der Waals surface area contributed by atoms with Gasteiger partial charge in [-0.2, -0.15) is 4.98 Å². The van der Waals surface area contributed by atoms with E-state index in [0.29, 0.717) is 30.0 Å². The normalized spacial score (nSPS) is 16.3. The van der Waals surface area contributed by atoms with Crippen LogP contribution in [0.15, 0.2) is 58.8 Å². The smallest absolute Gasteiger partial charge is 0.258 e. The number of thiocarbonyl (C=S) groups is 1. The predicted octanol–water partition coefficient (Wildman–Crippen LogP) is 4.36. The molecule has 1 atom stereocenters. The molecule has 32 heavy (non-hydrogen) atoms. The molecule has 0 amide bonds. The van der Waals surface area contributed by atoms with Gasteiger partial charge in [0, 0.05) is 24.9 Å². The number of ether oxygens (including phenoxy) is 2.